The Morgan fingerprint density at radius 1 is 1.05 bits per heavy atom. The van der Waals surface area contributed by atoms with Gasteiger partial charge < -0.3 is 4.74 Å². The van der Waals surface area contributed by atoms with Gasteiger partial charge in [0.05, 0.1) is 0 Å². The first-order valence-electron chi connectivity index (χ1n) is 7.60. The van der Waals surface area contributed by atoms with Crippen LogP contribution in [0.1, 0.15) is 59.3 Å². The Labute approximate surface area is 115 Å². The minimum Gasteiger partial charge on any atom is -0.443 e. The molecule has 0 heterocycles. The van der Waals surface area contributed by atoms with E-state index in [0.29, 0.717) is 0 Å². The fraction of sp³-hybridized carbons (Fsp3) is 0.933. The number of ether oxygens (including phenoxy) is 1. The van der Waals surface area contributed by atoms with E-state index in [1.807, 2.05) is 20.8 Å². The second kappa shape index (κ2) is 4.37. The van der Waals surface area contributed by atoms with Crippen LogP contribution >= 0.6 is 0 Å². The van der Waals surface area contributed by atoms with Crippen LogP contribution in [0.3, 0.4) is 0 Å². The van der Waals surface area contributed by atoms with Crippen LogP contribution < -0.4 is 10.9 Å². The van der Waals surface area contributed by atoms with Crippen molar-refractivity contribution in [1.29, 1.82) is 0 Å². The summed E-state index contributed by atoms with van der Waals surface area (Å²) in [7, 11) is 0. The molecule has 0 saturated heterocycles. The first kappa shape index (κ1) is 13.2. The van der Waals surface area contributed by atoms with Gasteiger partial charge in [-0.2, -0.15) is 0 Å². The topological polar surface area (TPSA) is 50.4 Å². The summed E-state index contributed by atoms with van der Waals surface area (Å²) in [6.07, 6.45) is 7.52. The molecule has 1 amide bonds. The van der Waals surface area contributed by atoms with Crippen LogP contribution in [0.25, 0.3) is 0 Å². The summed E-state index contributed by atoms with van der Waals surface area (Å²) in [5.41, 5.74) is 5.82. The van der Waals surface area contributed by atoms with Crippen LogP contribution in [-0.4, -0.2) is 17.2 Å². The van der Waals surface area contributed by atoms with Crippen molar-refractivity contribution in [3.8, 4) is 0 Å². The maximum absolute atomic E-state index is 11.8. The zero-order valence-electron chi connectivity index (χ0n) is 12.3. The summed E-state index contributed by atoms with van der Waals surface area (Å²) in [6, 6.07) is 0. The third-order valence-electron chi connectivity index (χ3n) is 4.87. The molecule has 2 N–H and O–H groups in total. The lowest BCUT2D eigenvalue weighted by Gasteiger charge is -2.56. The van der Waals surface area contributed by atoms with Gasteiger partial charge in [-0.05, 0) is 77.0 Å². The normalized spacial score (nSPS) is 40.3. The average molecular weight is 266 g/mol. The number of hydrazine groups is 1. The summed E-state index contributed by atoms with van der Waals surface area (Å²) in [5.74, 6) is 2.62. The van der Waals surface area contributed by atoms with Crippen molar-refractivity contribution in [3.05, 3.63) is 0 Å². The van der Waals surface area contributed by atoms with Crippen molar-refractivity contribution in [2.75, 3.05) is 0 Å². The predicted molar refractivity (Wildman–Crippen MR) is 73.4 cm³/mol. The van der Waals surface area contributed by atoms with Crippen LogP contribution in [0.2, 0.25) is 0 Å². The standard InChI is InChI=1S/C15H26N2O2/c1-14(2,3)19-13(18)16-17-15-7-10-4-11(8-15)6-12(5-10)9-15/h10-12,17H,4-9H2,1-3H3,(H,16,18). The number of hydrogen-bond donors (Lipinski definition) is 2. The Balaban J connectivity index is 1.57. The molecule has 0 aromatic rings. The van der Waals surface area contributed by atoms with Crippen molar-refractivity contribution in [3.63, 3.8) is 0 Å². The molecule has 4 heteroatoms. The number of carbonyl (C=O) groups is 1. The van der Waals surface area contributed by atoms with Gasteiger partial charge in [0.1, 0.15) is 5.60 Å². The molecule has 19 heavy (non-hydrogen) atoms. The number of nitrogens with one attached hydrogen (secondary N) is 2. The molecule has 108 valence electrons. The third kappa shape index (κ3) is 2.88. The second-order valence-electron chi connectivity index (χ2n) is 7.95. The fourth-order valence-corrected chi connectivity index (χ4v) is 4.75. The fourth-order valence-electron chi connectivity index (χ4n) is 4.75. The van der Waals surface area contributed by atoms with Crippen molar-refractivity contribution in [1.82, 2.24) is 10.9 Å². The monoisotopic (exact) mass is 266 g/mol. The van der Waals surface area contributed by atoms with E-state index in [9.17, 15) is 4.79 Å². The molecule has 4 aliphatic carbocycles. The maximum Gasteiger partial charge on any atom is 0.422 e. The van der Waals surface area contributed by atoms with Gasteiger partial charge in [0.2, 0.25) is 0 Å². The molecule has 4 nitrogen and oxygen atoms in total. The number of rotatable bonds is 2. The van der Waals surface area contributed by atoms with E-state index in [0.717, 1.165) is 17.8 Å². The highest BCUT2D eigenvalue weighted by Gasteiger charge is 2.51. The Morgan fingerprint density at radius 2 is 1.53 bits per heavy atom. The SMILES string of the molecule is CC(C)(C)OC(=O)NNC12CC3CC(CC(C3)C1)C2. The molecule has 0 unspecified atom stereocenters. The van der Waals surface area contributed by atoms with Gasteiger partial charge >= 0.3 is 6.09 Å². The third-order valence-corrected chi connectivity index (χ3v) is 4.87. The lowest BCUT2D eigenvalue weighted by molar-refractivity contribution is -0.0297. The first-order chi connectivity index (χ1) is 8.84. The van der Waals surface area contributed by atoms with Crippen molar-refractivity contribution >= 4 is 6.09 Å². The van der Waals surface area contributed by atoms with Crippen LogP contribution in [0, 0.1) is 17.8 Å². The smallest absolute Gasteiger partial charge is 0.422 e. The summed E-state index contributed by atoms with van der Waals surface area (Å²) in [4.78, 5) is 11.8. The predicted octanol–water partition coefficient (Wildman–Crippen LogP) is 2.98. The number of amides is 1. The molecule has 4 fully saturated rings. The largest absolute Gasteiger partial charge is 0.443 e. The second-order valence-corrected chi connectivity index (χ2v) is 7.95. The van der Waals surface area contributed by atoms with E-state index >= 15 is 0 Å². The Hall–Kier alpha value is -0.770. The van der Waals surface area contributed by atoms with Crippen LogP contribution in [0.4, 0.5) is 4.79 Å². The lowest BCUT2D eigenvalue weighted by atomic mass is 9.53. The quantitative estimate of drug-likeness (QED) is 0.755. The summed E-state index contributed by atoms with van der Waals surface area (Å²) < 4.78 is 5.29. The van der Waals surface area contributed by atoms with Gasteiger partial charge in [-0.25, -0.2) is 10.2 Å². The molecular formula is C15H26N2O2. The van der Waals surface area contributed by atoms with E-state index < -0.39 is 5.60 Å². The van der Waals surface area contributed by atoms with Gasteiger partial charge in [-0.15, -0.1) is 0 Å². The van der Waals surface area contributed by atoms with Crippen LogP contribution in [0.15, 0.2) is 0 Å². The average Bonchev–Trinajstić information content (AvgIpc) is 2.22. The van der Waals surface area contributed by atoms with Gasteiger partial charge in [0, 0.05) is 5.54 Å². The highest BCUT2D eigenvalue weighted by atomic mass is 16.6. The highest BCUT2D eigenvalue weighted by molar-refractivity contribution is 5.67. The molecule has 0 aromatic heterocycles. The Bertz CT molecular complexity index is 338. The van der Waals surface area contributed by atoms with Crippen LogP contribution in [0.5, 0.6) is 0 Å². The Kier molecular flexibility index (Phi) is 3.04. The minimum atomic E-state index is -0.437. The van der Waals surface area contributed by atoms with E-state index in [4.69, 9.17) is 4.74 Å². The van der Waals surface area contributed by atoms with Crippen LogP contribution in [-0.2, 0) is 4.74 Å². The molecule has 4 rings (SSSR count). The Morgan fingerprint density at radius 3 is 1.95 bits per heavy atom. The van der Waals surface area contributed by atoms with Gasteiger partial charge in [0.25, 0.3) is 0 Å². The molecule has 0 aliphatic heterocycles. The lowest BCUT2D eigenvalue weighted by Crippen LogP contribution is -2.63. The molecule has 0 aromatic carbocycles. The number of carbonyl (C=O) groups excluding carboxylic acids is 1. The maximum atomic E-state index is 11.8. The molecule has 4 saturated carbocycles. The molecule has 4 aliphatic rings. The minimum absolute atomic E-state index is 0.144. The van der Waals surface area contributed by atoms with E-state index in [-0.39, 0.29) is 11.6 Å². The van der Waals surface area contributed by atoms with Gasteiger partial charge in [0.15, 0.2) is 0 Å². The van der Waals surface area contributed by atoms with E-state index in [1.54, 1.807) is 0 Å². The van der Waals surface area contributed by atoms with Gasteiger partial charge in [-0.3, -0.25) is 5.43 Å². The summed E-state index contributed by atoms with van der Waals surface area (Å²) in [5, 5.41) is 0. The molecule has 0 atom stereocenters. The first-order valence-corrected chi connectivity index (χ1v) is 7.60. The van der Waals surface area contributed by atoms with E-state index in [2.05, 4.69) is 10.9 Å². The summed E-state index contributed by atoms with van der Waals surface area (Å²) in [6.45, 7) is 5.66. The number of hydrogen-bond acceptors (Lipinski definition) is 3. The molecule has 4 bridgehead atoms. The van der Waals surface area contributed by atoms with Crippen molar-refractivity contribution < 1.29 is 9.53 Å². The highest BCUT2D eigenvalue weighted by Crippen LogP contribution is 2.55. The molecule has 0 radical (unpaired) electrons. The zero-order chi connectivity index (χ0) is 13.7. The van der Waals surface area contributed by atoms with E-state index in [1.165, 1.54) is 38.5 Å². The zero-order valence-corrected chi connectivity index (χ0v) is 12.3. The molecule has 0 spiro atoms. The van der Waals surface area contributed by atoms with Gasteiger partial charge in [-0.1, -0.05) is 0 Å². The summed E-state index contributed by atoms with van der Waals surface area (Å²) >= 11 is 0. The van der Waals surface area contributed by atoms with Crippen molar-refractivity contribution in [2.24, 2.45) is 17.8 Å². The molecular weight excluding hydrogens is 240 g/mol. The van der Waals surface area contributed by atoms with Crippen molar-refractivity contribution in [2.45, 2.75) is 70.4 Å².